The molecule has 0 amide bonds. The Morgan fingerprint density at radius 3 is 1.52 bits per heavy atom. The van der Waals surface area contributed by atoms with Gasteiger partial charge in [-0.25, -0.2) is 0 Å². The van der Waals surface area contributed by atoms with E-state index in [2.05, 4.69) is 4.74 Å². The third-order valence-electron chi connectivity index (χ3n) is 4.48. The minimum absolute atomic E-state index is 0.117. The second-order valence-corrected chi connectivity index (χ2v) is 6.57. The van der Waals surface area contributed by atoms with Crippen molar-refractivity contribution in [2.75, 3.05) is 14.2 Å². The Labute approximate surface area is 180 Å². The number of ether oxygens (including phenoxy) is 4. The van der Waals surface area contributed by atoms with Gasteiger partial charge in [0.1, 0.15) is 13.2 Å². The molecule has 0 N–H and O–H groups in total. The molecule has 2 rings (SSSR count). The van der Waals surface area contributed by atoms with Crippen molar-refractivity contribution in [2.24, 2.45) is 11.8 Å². The van der Waals surface area contributed by atoms with E-state index in [0.29, 0.717) is 11.1 Å². The number of carbonyl (C=O) groups excluding carboxylic acids is 4. The summed E-state index contributed by atoms with van der Waals surface area (Å²) in [7, 11) is 2.22. The van der Waals surface area contributed by atoms with Crippen LogP contribution in [-0.2, 0) is 51.3 Å². The van der Waals surface area contributed by atoms with E-state index >= 15 is 0 Å². The van der Waals surface area contributed by atoms with Crippen LogP contribution in [0, 0.1) is 11.8 Å². The summed E-state index contributed by atoms with van der Waals surface area (Å²) in [5.41, 5.74) is 1.38. The van der Waals surface area contributed by atoms with Gasteiger partial charge in [0.05, 0.1) is 26.6 Å². The second kappa shape index (κ2) is 12.1. The molecule has 8 nitrogen and oxygen atoms in total. The summed E-state index contributed by atoms with van der Waals surface area (Å²) < 4.78 is 19.8. The van der Waals surface area contributed by atoms with Crippen LogP contribution in [0.15, 0.2) is 60.7 Å². The Morgan fingerprint density at radius 2 is 1.13 bits per heavy atom. The quantitative estimate of drug-likeness (QED) is 0.323. The molecule has 2 aromatic rings. The highest BCUT2D eigenvalue weighted by atomic mass is 16.6. The molecule has 0 bridgehead atoms. The molecule has 0 spiro atoms. The van der Waals surface area contributed by atoms with Gasteiger partial charge in [-0.05, 0) is 11.1 Å². The SMILES string of the molecule is COC(=O)C[C@@H](C(=O)OC)C(C(=O)OCc1ccccc1)C(=O)OCc1ccccc1. The summed E-state index contributed by atoms with van der Waals surface area (Å²) in [5, 5.41) is 0. The van der Waals surface area contributed by atoms with Gasteiger partial charge >= 0.3 is 23.9 Å². The van der Waals surface area contributed by atoms with E-state index in [1.54, 1.807) is 60.7 Å². The number of carbonyl (C=O) groups is 4. The van der Waals surface area contributed by atoms with Crippen molar-refractivity contribution in [2.45, 2.75) is 19.6 Å². The van der Waals surface area contributed by atoms with Gasteiger partial charge in [-0.2, -0.15) is 0 Å². The molecule has 0 saturated heterocycles. The van der Waals surface area contributed by atoms with Crippen LogP contribution in [0.25, 0.3) is 0 Å². The number of methoxy groups -OCH3 is 2. The van der Waals surface area contributed by atoms with Crippen LogP contribution in [0.3, 0.4) is 0 Å². The summed E-state index contributed by atoms with van der Waals surface area (Å²) in [6, 6.07) is 17.6. The lowest BCUT2D eigenvalue weighted by atomic mass is 9.89. The predicted molar refractivity (Wildman–Crippen MR) is 108 cm³/mol. The molecule has 8 heteroatoms. The van der Waals surface area contributed by atoms with Crippen LogP contribution >= 0.6 is 0 Å². The number of rotatable bonds is 10. The standard InChI is InChI=1S/C23H24O8/c1-28-19(24)13-18(21(25)29-2)20(22(26)30-14-16-9-5-3-6-10-16)23(27)31-15-17-11-7-4-8-12-17/h3-12,18,20H,13-15H2,1-2H3/t18-/m1/s1. The molecule has 0 fully saturated rings. The molecule has 0 aliphatic heterocycles. The molecule has 2 aromatic carbocycles. The van der Waals surface area contributed by atoms with Crippen LogP contribution in [0.1, 0.15) is 17.5 Å². The number of hydrogen-bond acceptors (Lipinski definition) is 8. The van der Waals surface area contributed by atoms with Gasteiger partial charge in [-0.1, -0.05) is 60.7 Å². The van der Waals surface area contributed by atoms with Crippen LogP contribution < -0.4 is 0 Å². The highest BCUT2D eigenvalue weighted by molar-refractivity contribution is 6.00. The highest BCUT2D eigenvalue weighted by Gasteiger charge is 2.44. The minimum atomic E-state index is -1.70. The van der Waals surface area contributed by atoms with Gasteiger partial charge in [0.2, 0.25) is 0 Å². The number of esters is 4. The van der Waals surface area contributed by atoms with Crippen molar-refractivity contribution < 1.29 is 38.1 Å². The monoisotopic (exact) mass is 428 g/mol. The maximum atomic E-state index is 12.8. The van der Waals surface area contributed by atoms with Crippen molar-refractivity contribution in [3.63, 3.8) is 0 Å². The lowest BCUT2D eigenvalue weighted by molar-refractivity contribution is -0.173. The first-order chi connectivity index (χ1) is 15.0. The molecule has 0 aliphatic rings. The second-order valence-electron chi connectivity index (χ2n) is 6.57. The van der Waals surface area contributed by atoms with Crippen molar-refractivity contribution in [1.82, 2.24) is 0 Å². The maximum Gasteiger partial charge on any atom is 0.321 e. The Balaban J connectivity index is 2.22. The Hall–Kier alpha value is -3.68. The topological polar surface area (TPSA) is 105 Å². The van der Waals surface area contributed by atoms with E-state index in [9.17, 15) is 19.2 Å². The highest BCUT2D eigenvalue weighted by Crippen LogP contribution is 2.23. The molecule has 0 aromatic heterocycles. The first-order valence-corrected chi connectivity index (χ1v) is 9.52. The van der Waals surface area contributed by atoms with Gasteiger partial charge in [0.25, 0.3) is 0 Å². The normalized spacial score (nSPS) is 11.3. The fraction of sp³-hybridized carbons (Fsp3) is 0.304. The van der Waals surface area contributed by atoms with E-state index < -0.39 is 42.1 Å². The van der Waals surface area contributed by atoms with E-state index in [1.807, 2.05) is 0 Å². The summed E-state index contributed by atoms with van der Waals surface area (Å²) in [6.07, 6.45) is -0.547. The largest absolute Gasteiger partial charge is 0.469 e. The Kier molecular flexibility index (Phi) is 9.22. The van der Waals surface area contributed by atoms with Crippen molar-refractivity contribution in [3.8, 4) is 0 Å². The van der Waals surface area contributed by atoms with Crippen LogP contribution in [0.4, 0.5) is 0 Å². The van der Waals surface area contributed by atoms with Crippen LogP contribution in [0.5, 0.6) is 0 Å². The zero-order valence-electron chi connectivity index (χ0n) is 17.3. The number of benzene rings is 2. The molecule has 0 saturated carbocycles. The first-order valence-electron chi connectivity index (χ1n) is 9.52. The lowest BCUT2D eigenvalue weighted by Crippen LogP contribution is -2.40. The average molecular weight is 428 g/mol. The van der Waals surface area contributed by atoms with Gasteiger partial charge in [-0.3, -0.25) is 19.2 Å². The summed E-state index contributed by atoms with van der Waals surface area (Å²) >= 11 is 0. The summed E-state index contributed by atoms with van der Waals surface area (Å²) in [4.78, 5) is 49.8. The minimum Gasteiger partial charge on any atom is -0.469 e. The zero-order valence-corrected chi connectivity index (χ0v) is 17.3. The molecular formula is C23H24O8. The summed E-state index contributed by atoms with van der Waals surface area (Å²) in [6.45, 7) is -0.234. The van der Waals surface area contributed by atoms with Gasteiger partial charge in [0.15, 0.2) is 5.92 Å². The van der Waals surface area contributed by atoms with Crippen molar-refractivity contribution >= 4 is 23.9 Å². The lowest BCUT2D eigenvalue weighted by Gasteiger charge is -2.22. The van der Waals surface area contributed by atoms with Crippen molar-refractivity contribution in [3.05, 3.63) is 71.8 Å². The molecule has 164 valence electrons. The zero-order chi connectivity index (χ0) is 22.6. The Morgan fingerprint density at radius 1 is 0.677 bits per heavy atom. The average Bonchev–Trinajstić information content (AvgIpc) is 2.81. The first kappa shape index (κ1) is 23.6. The van der Waals surface area contributed by atoms with E-state index in [4.69, 9.17) is 14.2 Å². The van der Waals surface area contributed by atoms with E-state index in [-0.39, 0.29) is 13.2 Å². The van der Waals surface area contributed by atoms with Crippen LogP contribution in [-0.4, -0.2) is 38.1 Å². The molecule has 31 heavy (non-hydrogen) atoms. The molecule has 0 unspecified atom stereocenters. The van der Waals surface area contributed by atoms with E-state index in [1.165, 1.54) is 0 Å². The predicted octanol–water partition coefficient (Wildman–Crippen LogP) is 2.44. The molecule has 0 aliphatic carbocycles. The fourth-order valence-corrected chi connectivity index (χ4v) is 2.81. The molecule has 1 atom stereocenters. The molecule has 0 heterocycles. The molecular weight excluding hydrogens is 404 g/mol. The third kappa shape index (κ3) is 7.26. The van der Waals surface area contributed by atoms with Crippen molar-refractivity contribution in [1.29, 1.82) is 0 Å². The maximum absolute atomic E-state index is 12.8. The number of hydrogen-bond donors (Lipinski definition) is 0. The third-order valence-corrected chi connectivity index (χ3v) is 4.48. The Bertz CT molecular complexity index is 823. The van der Waals surface area contributed by atoms with Gasteiger partial charge in [0, 0.05) is 0 Å². The van der Waals surface area contributed by atoms with Crippen LogP contribution in [0.2, 0.25) is 0 Å². The molecule has 0 radical (unpaired) electrons. The van der Waals surface area contributed by atoms with Gasteiger partial charge in [-0.15, -0.1) is 0 Å². The van der Waals surface area contributed by atoms with Gasteiger partial charge < -0.3 is 18.9 Å². The smallest absolute Gasteiger partial charge is 0.321 e. The summed E-state index contributed by atoms with van der Waals surface area (Å²) in [5.74, 6) is -6.86. The fourth-order valence-electron chi connectivity index (χ4n) is 2.81. The van der Waals surface area contributed by atoms with E-state index in [0.717, 1.165) is 14.2 Å².